The monoisotopic (exact) mass is 267 g/mol. The summed E-state index contributed by atoms with van der Waals surface area (Å²) in [6.07, 6.45) is 0.0444. The second kappa shape index (κ2) is 4.67. The van der Waals surface area contributed by atoms with Crippen molar-refractivity contribution < 1.29 is 18.4 Å². The Kier molecular flexibility index (Phi) is 3.00. The number of aromatic nitrogens is 2. The van der Waals surface area contributed by atoms with Crippen LogP contribution < -0.4 is 5.32 Å². The van der Waals surface area contributed by atoms with E-state index in [1.54, 1.807) is 0 Å². The first-order valence-corrected chi connectivity index (χ1v) is 5.84. The van der Waals surface area contributed by atoms with Gasteiger partial charge in [-0.25, -0.2) is 8.78 Å². The van der Waals surface area contributed by atoms with Gasteiger partial charge in [-0.15, -0.1) is 0 Å². The average molecular weight is 267 g/mol. The molecule has 5 nitrogen and oxygen atoms in total. The first-order valence-electron chi connectivity index (χ1n) is 5.84. The van der Waals surface area contributed by atoms with Gasteiger partial charge >= 0.3 is 0 Å². The van der Waals surface area contributed by atoms with Gasteiger partial charge < -0.3 is 14.9 Å². The van der Waals surface area contributed by atoms with Gasteiger partial charge in [-0.05, 0) is 24.6 Å². The summed E-state index contributed by atoms with van der Waals surface area (Å²) in [5.74, 6) is -1.36. The van der Waals surface area contributed by atoms with E-state index < -0.39 is 17.7 Å². The van der Waals surface area contributed by atoms with Crippen molar-refractivity contribution in [1.82, 2.24) is 15.5 Å². The Bertz CT molecular complexity index is 602. The minimum Gasteiger partial charge on any atom is -0.392 e. The molecule has 100 valence electrons. The van der Waals surface area contributed by atoms with Crippen molar-refractivity contribution in [2.45, 2.75) is 18.6 Å². The highest BCUT2D eigenvalue weighted by Gasteiger charge is 2.28. The number of aliphatic hydroxyl groups is 1. The summed E-state index contributed by atoms with van der Waals surface area (Å²) in [4.78, 5) is 4.13. The van der Waals surface area contributed by atoms with E-state index in [2.05, 4.69) is 15.5 Å². The lowest BCUT2D eigenvalue weighted by Gasteiger charge is -2.01. The molecule has 2 aromatic rings. The fourth-order valence-corrected chi connectivity index (χ4v) is 2.03. The number of aliphatic hydroxyl groups excluding tert-OH is 1. The van der Waals surface area contributed by atoms with Gasteiger partial charge in [0.05, 0.1) is 12.1 Å². The number of nitrogens with zero attached hydrogens (tertiary/aromatic N) is 2. The van der Waals surface area contributed by atoms with Crippen molar-refractivity contribution in [3.05, 3.63) is 35.7 Å². The molecule has 3 rings (SSSR count). The molecular formula is C12H11F2N3O2. The molecule has 0 unspecified atom stereocenters. The number of benzene rings is 1. The molecule has 2 atom stereocenters. The third-order valence-corrected chi connectivity index (χ3v) is 3.03. The second-order valence-corrected chi connectivity index (χ2v) is 4.44. The number of hydrogen-bond donors (Lipinski definition) is 2. The van der Waals surface area contributed by atoms with Crippen LogP contribution in [0.1, 0.15) is 18.4 Å². The zero-order chi connectivity index (χ0) is 13.4. The van der Waals surface area contributed by atoms with E-state index in [1.807, 2.05) is 0 Å². The predicted molar refractivity (Wildman–Crippen MR) is 61.0 cm³/mol. The fraction of sp³-hybridized carbons (Fsp3) is 0.333. The van der Waals surface area contributed by atoms with Crippen LogP contribution in [-0.2, 0) is 0 Å². The van der Waals surface area contributed by atoms with Gasteiger partial charge in [0.1, 0.15) is 0 Å². The Labute approximate surface area is 107 Å². The topological polar surface area (TPSA) is 71.2 Å². The number of β-amino-alcohol motifs (C(OH)–C–C–N with tert-alkyl or cyclic N) is 1. The number of nitrogens with one attached hydrogen (secondary N) is 1. The van der Waals surface area contributed by atoms with Gasteiger partial charge in [-0.3, -0.25) is 0 Å². The summed E-state index contributed by atoms with van der Waals surface area (Å²) in [6.45, 7) is 0.466. The Morgan fingerprint density at radius 3 is 2.84 bits per heavy atom. The van der Waals surface area contributed by atoms with Crippen LogP contribution in [0.25, 0.3) is 11.4 Å². The van der Waals surface area contributed by atoms with E-state index >= 15 is 0 Å². The molecule has 0 radical (unpaired) electrons. The third-order valence-electron chi connectivity index (χ3n) is 3.03. The standard InChI is InChI=1S/C12H11F2N3O2/c13-8-2-1-6(3-9(8)14)11-16-12(19-17-11)10-4-7(18)5-15-10/h1-3,7,10,15,18H,4-5H2/t7-,10-/m1/s1. The molecule has 1 aliphatic heterocycles. The van der Waals surface area contributed by atoms with Crippen LogP contribution >= 0.6 is 0 Å². The van der Waals surface area contributed by atoms with Crippen LogP contribution in [0.4, 0.5) is 8.78 Å². The van der Waals surface area contributed by atoms with Crippen molar-refractivity contribution in [2.24, 2.45) is 0 Å². The molecule has 2 N–H and O–H groups in total. The summed E-state index contributed by atoms with van der Waals surface area (Å²) >= 11 is 0. The molecule has 1 aromatic carbocycles. The molecule has 0 bridgehead atoms. The lowest BCUT2D eigenvalue weighted by atomic mass is 10.2. The minimum atomic E-state index is -0.960. The summed E-state index contributed by atoms with van der Waals surface area (Å²) in [7, 11) is 0. The van der Waals surface area contributed by atoms with Crippen LogP contribution in [-0.4, -0.2) is 27.9 Å². The highest BCUT2D eigenvalue weighted by Crippen LogP contribution is 2.25. The van der Waals surface area contributed by atoms with Gasteiger partial charge in [0.25, 0.3) is 0 Å². The Hall–Kier alpha value is -1.86. The predicted octanol–water partition coefficient (Wildman–Crippen LogP) is 1.41. The highest BCUT2D eigenvalue weighted by molar-refractivity contribution is 5.54. The minimum absolute atomic E-state index is 0.192. The van der Waals surface area contributed by atoms with E-state index in [0.717, 1.165) is 12.1 Å². The summed E-state index contributed by atoms with van der Waals surface area (Å²) in [5, 5.41) is 16.2. The molecule has 1 aromatic heterocycles. The smallest absolute Gasteiger partial charge is 0.244 e. The normalized spacial score (nSPS) is 22.9. The molecule has 0 spiro atoms. The van der Waals surface area contributed by atoms with Crippen molar-refractivity contribution in [2.75, 3.05) is 6.54 Å². The Morgan fingerprint density at radius 2 is 2.16 bits per heavy atom. The second-order valence-electron chi connectivity index (χ2n) is 4.44. The molecule has 1 aliphatic rings. The molecule has 7 heteroatoms. The number of hydrogen-bond acceptors (Lipinski definition) is 5. The number of halogens is 2. The molecule has 19 heavy (non-hydrogen) atoms. The van der Waals surface area contributed by atoms with E-state index in [9.17, 15) is 13.9 Å². The SMILES string of the molecule is O[C@H]1CN[C@@H](c2nc(-c3ccc(F)c(F)c3)no2)C1. The lowest BCUT2D eigenvalue weighted by Crippen LogP contribution is -2.15. The van der Waals surface area contributed by atoms with Crippen LogP contribution in [0, 0.1) is 11.6 Å². The first-order chi connectivity index (χ1) is 9.13. The van der Waals surface area contributed by atoms with E-state index in [0.29, 0.717) is 24.4 Å². The van der Waals surface area contributed by atoms with Crippen LogP contribution in [0.2, 0.25) is 0 Å². The molecule has 1 fully saturated rings. The van der Waals surface area contributed by atoms with Gasteiger partial charge in [0.15, 0.2) is 11.6 Å². The van der Waals surface area contributed by atoms with Crippen LogP contribution in [0.15, 0.2) is 22.7 Å². The summed E-state index contributed by atoms with van der Waals surface area (Å²) in [5.41, 5.74) is 0.340. The van der Waals surface area contributed by atoms with Crippen molar-refractivity contribution >= 4 is 0 Å². The molecule has 0 aliphatic carbocycles. The zero-order valence-electron chi connectivity index (χ0n) is 9.81. The van der Waals surface area contributed by atoms with Gasteiger partial charge in [0.2, 0.25) is 11.7 Å². The van der Waals surface area contributed by atoms with Crippen molar-refractivity contribution in [1.29, 1.82) is 0 Å². The molecule has 2 heterocycles. The number of rotatable bonds is 2. The van der Waals surface area contributed by atoms with Crippen molar-refractivity contribution in [3.8, 4) is 11.4 Å². The van der Waals surface area contributed by atoms with Crippen LogP contribution in [0.3, 0.4) is 0 Å². The summed E-state index contributed by atoms with van der Waals surface area (Å²) in [6, 6.07) is 3.20. The Balaban J connectivity index is 1.86. The maximum Gasteiger partial charge on any atom is 0.244 e. The summed E-state index contributed by atoms with van der Waals surface area (Å²) < 4.78 is 31.0. The average Bonchev–Trinajstić information content (AvgIpc) is 3.01. The highest BCUT2D eigenvalue weighted by atomic mass is 19.2. The van der Waals surface area contributed by atoms with E-state index in [1.165, 1.54) is 6.07 Å². The first kappa shape index (κ1) is 12.2. The van der Waals surface area contributed by atoms with E-state index in [-0.39, 0.29) is 11.9 Å². The largest absolute Gasteiger partial charge is 0.392 e. The lowest BCUT2D eigenvalue weighted by molar-refractivity contribution is 0.191. The third kappa shape index (κ3) is 2.34. The van der Waals surface area contributed by atoms with Gasteiger partial charge in [-0.1, -0.05) is 5.16 Å². The Morgan fingerprint density at radius 1 is 1.32 bits per heavy atom. The van der Waals surface area contributed by atoms with Gasteiger partial charge in [-0.2, -0.15) is 4.98 Å². The van der Waals surface area contributed by atoms with Crippen LogP contribution in [0.5, 0.6) is 0 Å². The molecule has 0 amide bonds. The van der Waals surface area contributed by atoms with Crippen molar-refractivity contribution in [3.63, 3.8) is 0 Å². The maximum atomic E-state index is 13.1. The maximum absolute atomic E-state index is 13.1. The van der Waals surface area contributed by atoms with Gasteiger partial charge in [0, 0.05) is 12.1 Å². The fourth-order valence-electron chi connectivity index (χ4n) is 2.03. The van der Waals surface area contributed by atoms with E-state index in [4.69, 9.17) is 4.52 Å². The quantitative estimate of drug-likeness (QED) is 0.860. The molecule has 1 saturated heterocycles. The zero-order valence-corrected chi connectivity index (χ0v) is 9.81. The molecule has 0 saturated carbocycles. The molecular weight excluding hydrogens is 256 g/mol.